The number of carbonyl (C=O) groups is 1. The van der Waals surface area contributed by atoms with Crippen molar-refractivity contribution in [2.24, 2.45) is 5.16 Å². The summed E-state index contributed by atoms with van der Waals surface area (Å²) in [4.78, 5) is 15.9. The first kappa shape index (κ1) is 8.74. The molecule has 1 aliphatic heterocycles. The second-order valence-corrected chi connectivity index (χ2v) is 2.86. The Kier molecular flexibility index (Phi) is 2.18. The summed E-state index contributed by atoms with van der Waals surface area (Å²) < 4.78 is 4.92. The van der Waals surface area contributed by atoms with Gasteiger partial charge in [-0.15, -0.1) is 0 Å². The minimum absolute atomic E-state index is 0.231. The van der Waals surface area contributed by atoms with Crippen LogP contribution in [0.1, 0.15) is 11.1 Å². The number of rotatable bonds is 1. The maximum absolute atomic E-state index is 11.3. The van der Waals surface area contributed by atoms with Crippen LogP contribution < -0.4 is 0 Å². The molecule has 0 N–H and O–H groups in total. The largest absolute Gasteiger partial charge is 0.456 e. The zero-order valence-corrected chi connectivity index (χ0v) is 7.69. The Hall–Kier alpha value is -1.84. The van der Waals surface area contributed by atoms with Crippen molar-refractivity contribution < 1.29 is 14.4 Å². The lowest BCUT2D eigenvalue weighted by atomic mass is 10.0. The highest BCUT2D eigenvalue weighted by molar-refractivity contribution is 6.44. The smallest absolute Gasteiger partial charge is 0.361 e. The number of hydrogen-bond donors (Lipinski definition) is 0. The van der Waals surface area contributed by atoms with Crippen LogP contribution in [0.15, 0.2) is 29.4 Å². The molecular formula is C10H9NO3. The van der Waals surface area contributed by atoms with Crippen LogP contribution >= 0.6 is 0 Å². The Morgan fingerprint density at radius 2 is 2.21 bits per heavy atom. The monoisotopic (exact) mass is 191 g/mol. The van der Waals surface area contributed by atoms with Crippen molar-refractivity contribution in [3.05, 3.63) is 35.4 Å². The fourth-order valence-electron chi connectivity index (χ4n) is 1.38. The zero-order valence-electron chi connectivity index (χ0n) is 7.69. The number of carbonyl (C=O) groups excluding carboxylic acids is 1. The summed E-state index contributed by atoms with van der Waals surface area (Å²) in [5.41, 5.74) is 1.96. The van der Waals surface area contributed by atoms with Gasteiger partial charge < -0.3 is 9.57 Å². The average molecular weight is 191 g/mol. The molecule has 0 atom stereocenters. The van der Waals surface area contributed by atoms with Crippen LogP contribution in [0.4, 0.5) is 0 Å². The second-order valence-electron chi connectivity index (χ2n) is 2.86. The van der Waals surface area contributed by atoms with E-state index in [2.05, 4.69) is 9.99 Å². The highest BCUT2D eigenvalue weighted by Crippen LogP contribution is 2.17. The third-order valence-electron chi connectivity index (χ3n) is 2.01. The molecule has 0 radical (unpaired) electrons. The van der Waals surface area contributed by atoms with E-state index in [0.717, 1.165) is 11.1 Å². The number of esters is 1. The molecule has 4 heteroatoms. The number of ether oxygens (including phenoxy) is 1. The minimum Gasteiger partial charge on any atom is -0.456 e. The van der Waals surface area contributed by atoms with Crippen LogP contribution in [0.2, 0.25) is 0 Å². The third-order valence-corrected chi connectivity index (χ3v) is 2.01. The molecule has 0 bridgehead atoms. The van der Waals surface area contributed by atoms with Crippen LogP contribution in [0, 0.1) is 0 Å². The van der Waals surface area contributed by atoms with Gasteiger partial charge in [0.05, 0.1) is 0 Å². The lowest BCUT2D eigenvalue weighted by Gasteiger charge is -2.16. The van der Waals surface area contributed by atoms with Crippen LogP contribution in [-0.2, 0) is 21.0 Å². The van der Waals surface area contributed by atoms with Gasteiger partial charge >= 0.3 is 5.97 Å². The molecule has 0 unspecified atom stereocenters. The van der Waals surface area contributed by atoms with Crippen molar-refractivity contribution >= 4 is 11.7 Å². The van der Waals surface area contributed by atoms with E-state index in [0.29, 0.717) is 6.61 Å². The first-order chi connectivity index (χ1) is 6.83. The van der Waals surface area contributed by atoms with Gasteiger partial charge in [0.1, 0.15) is 13.7 Å². The Bertz CT molecular complexity index is 398. The molecule has 0 aliphatic carbocycles. The fraction of sp³-hybridized carbons (Fsp3) is 0.200. The summed E-state index contributed by atoms with van der Waals surface area (Å²) in [7, 11) is 1.40. The molecule has 4 nitrogen and oxygen atoms in total. The van der Waals surface area contributed by atoms with Crippen LogP contribution in [0.5, 0.6) is 0 Å². The van der Waals surface area contributed by atoms with E-state index < -0.39 is 5.97 Å². The number of hydrogen-bond acceptors (Lipinski definition) is 4. The van der Waals surface area contributed by atoms with E-state index in [1.54, 1.807) is 0 Å². The number of benzene rings is 1. The molecule has 1 aromatic rings. The molecule has 14 heavy (non-hydrogen) atoms. The predicted molar refractivity (Wildman–Crippen MR) is 49.8 cm³/mol. The highest BCUT2D eigenvalue weighted by atomic mass is 16.6. The number of oxime groups is 1. The second kappa shape index (κ2) is 3.49. The Morgan fingerprint density at radius 1 is 1.43 bits per heavy atom. The number of fused-ring (bicyclic) bond motifs is 1. The molecule has 0 saturated carbocycles. The van der Waals surface area contributed by atoms with Crippen molar-refractivity contribution in [2.75, 3.05) is 7.11 Å². The van der Waals surface area contributed by atoms with E-state index in [9.17, 15) is 4.79 Å². The topological polar surface area (TPSA) is 47.9 Å². The molecule has 72 valence electrons. The first-order valence-electron chi connectivity index (χ1n) is 4.19. The predicted octanol–water partition coefficient (Wildman–Crippen LogP) is 1.09. The average Bonchev–Trinajstić information content (AvgIpc) is 2.23. The van der Waals surface area contributed by atoms with E-state index >= 15 is 0 Å². The molecule has 2 rings (SSSR count). The summed E-state index contributed by atoms with van der Waals surface area (Å²) in [6.07, 6.45) is 0. The van der Waals surface area contributed by atoms with Gasteiger partial charge in [-0.05, 0) is 5.56 Å². The molecule has 0 saturated heterocycles. The van der Waals surface area contributed by atoms with E-state index in [1.807, 2.05) is 24.3 Å². The minimum atomic E-state index is -0.439. The SMILES string of the molecule is CO/N=C1/C(=O)OCc2ccccc21. The van der Waals surface area contributed by atoms with E-state index in [1.165, 1.54) is 7.11 Å². The highest BCUT2D eigenvalue weighted by Gasteiger charge is 2.24. The van der Waals surface area contributed by atoms with Gasteiger partial charge in [-0.1, -0.05) is 29.4 Å². The summed E-state index contributed by atoms with van der Waals surface area (Å²) in [6, 6.07) is 7.46. The lowest BCUT2D eigenvalue weighted by molar-refractivity contribution is -0.137. The Labute approximate surface area is 81.1 Å². The maximum Gasteiger partial charge on any atom is 0.361 e. The van der Waals surface area contributed by atoms with Crippen molar-refractivity contribution in [1.29, 1.82) is 0 Å². The van der Waals surface area contributed by atoms with Gasteiger partial charge in [0.2, 0.25) is 0 Å². The molecule has 1 aliphatic rings. The van der Waals surface area contributed by atoms with Gasteiger partial charge in [0.15, 0.2) is 5.71 Å². The quantitative estimate of drug-likeness (QED) is 0.493. The normalized spacial score (nSPS) is 17.5. The van der Waals surface area contributed by atoms with Gasteiger partial charge in [0, 0.05) is 5.56 Å². The number of nitrogens with zero attached hydrogens (tertiary/aromatic N) is 1. The molecule has 1 aromatic carbocycles. The molecule has 0 spiro atoms. The van der Waals surface area contributed by atoms with Crippen LogP contribution in [-0.4, -0.2) is 18.8 Å². The van der Waals surface area contributed by atoms with Gasteiger partial charge in [-0.25, -0.2) is 4.79 Å². The standard InChI is InChI=1S/C10H9NO3/c1-13-11-9-8-5-3-2-4-7(8)6-14-10(9)12/h2-5H,6H2,1H3/b11-9+. The molecular weight excluding hydrogens is 182 g/mol. The molecule has 0 aromatic heterocycles. The summed E-state index contributed by atoms with van der Waals surface area (Å²) in [6.45, 7) is 0.303. The van der Waals surface area contributed by atoms with Crippen LogP contribution in [0.25, 0.3) is 0 Å². The fourth-order valence-corrected chi connectivity index (χ4v) is 1.38. The third kappa shape index (κ3) is 1.35. The van der Waals surface area contributed by atoms with Gasteiger partial charge in [-0.3, -0.25) is 0 Å². The molecule has 0 amide bonds. The van der Waals surface area contributed by atoms with Gasteiger partial charge in [-0.2, -0.15) is 0 Å². The maximum atomic E-state index is 11.3. The molecule has 0 fully saturated rings. The van der Waals surface area contributed by atoms with E-state index in [4.69, 9.17) is 4.74 Å². The molecule has 1 heterocycles. The van der Waals surface area contributed by atoms with Crippen molar-refractivity contribution in [3.8, 4) is 0 Å². The summed E-state index contributed by atoms with van der Waals surface area (Å²) in [5.74, 6) is -0.439. The van der Waals surface area contributed by atoms with Crippen molar-refractivity contribution in [3.63, 3.8) is 0 Å². The Morgan fingerprint density at radius 3 is 3.00 bits per heavy atom. The van der Waals surface area contributed by atoms with E-state index in [-0.39, 0.29) is 5.71 Å². The first-order valence-corrected chi connectivity index (χ1v) is 4.19. The van der Waals surface area contributed by atoms with Crippen molar-refractivity contribution in [2.45, 2.75) is 6.61 Å². The number of cyclic esters (lactones) is 1. The summed E-state index contributed by atoms with van der Waals surface area (Å²) >= 11 is 0. The Balaban J connectivity index is 2.52. The lowest BCUT2D eigenvalue weighted by Crippen LogP contribution is -2.25. The van der Waals surface area contributed by atoms with Gasteiger partial charge in [0.25, 0.3) is 0 Å². The zero-order chi connectivity index (χ0) is 9.97. The van der Waals surface area contributed by atoms with Crippen LogP contribution in [0.3, 0.4) is 0 Å². The van der Waals surface area contributed by atoms with Crippen molar-refractivity contribution in [1.82, 2.24) is 0 Å². The summed E-state index contributed by atoms with van der Waals surface area (Å²) in [5, 5.41) is 3.65.